The van der Waals surface area contributed by atoms with Crippen molar-refractivity contribution in [2.45, 2.75) is 19.4 Å². The average molecular weight is 292 g/mol. The zero-order chi connectivity index (χ0) is 14.4. The van der Waals surface area contributed by atoms with Gasteiger partial charge in [0.1, 0.15) is 0 Å². The van der Waals surface area contributed by atoms with Crippen LogP contribution in [0.3, 0.4) is 0 Å². The number of amides is 2. The molecule has 0 saturated heterocycles. The van der Waals surface area contributed by atoms with Crippen molar-refractivity contribution in [3.05, 3.63) is 46.5 Å². The second kappa shape index (κ2) is 6.91. The minimum Gasteiger partial charge on any atom is -0.459 e. The van der Waals surface area contributed by atoms with E-state index in [1.165, 1.54) is 6.26 Å². The van der Waals surface area contributed by atoms with Crippen LogP contribution in [0.2, 0.25) is 0 Å². The summed E-state index contributed by atoms with van der Waals surface area (Å²) in [6, 6.07) is 7.14. The van der Waals surface area contributed by atoms with Gasteiger partial charge in [-0.15, -0.1) is 11.3 Å². The molecule has 2 amide bonds. The van der Waals surface area contributed by atoms with Gasteiger partial charge in [0.2, 0.25) is 5.91 Å². The number of carbonyl (C=O) groups is 2. The van der Waals surface area contributed by atoms with Gasteiger partial charge in [0.25, 0.3) is 5.91 Å². The van der Waals surface area contributed by atoms with Crippen molar-refractivity contribution < 1.29 is 14.0 Å². The molecule has 0 saturated carbocycles. The molecule has 6 heteroatoms. The minimum atomic E-state index is -0.311. The highest BCUT2D eigenvalue weighted by atomic mass is 32.1. The van der Waals surface area contributed by atoms with E-state index < -0.39 is 0 Å². The predicted molar refractivity (Wildman–Crippen MR) is 76.5 cm³/mol. The van der Waals surface area contributed by atoms with Crippen LogP contribution in [0.25, 0.3) is 0 Å². The molecule has 1 atom stereocenters. The Labute approximate surface area is 121 Å². The summed E-state index contributed by atoms with van der Waals surface area (Å²) in [5.41, 5.74) is 0. The van der Waals surface area contributed by atoms with Crippen LogP contribution in [0, 0.1) is 0 Å². The molecular formula is C14H16N2O3S. The summed E-state index contributed by atoms with van der Waals surface area (Å²) in [6.45, 7) is 2.22. The minimum absolute atomic E-state index is 0.0109. The Morgan fingerprint density at radius 1 is 1.35 bits per heavy atom. The van der Waals surface area contributed by atoms with Crippen LogP contribution >= 0.6 is 11.3 Å². The molecule has 0 aliphatic heterocycles. The zero-order valence-corrected chi connectivity index (χ0v) is 11.9. The van der Waals surface area contributed by atoms with Crippen LogP contribution in [0.5, 0.6) is 0 Å². The predicted octanol–water partition coefficient (Wildman–Crippen LogP) is 2.34. The summed E-state index contributed by atoms with van der Waals surface area (Å²) >= 11 is 1.60. The zero-order valence-electron chi connectivity index (χ0n) is 11.1. The van der Waals surface area contributed by atoms with Crippen molar-refractivity contribution in [2.75, 3.05) is 6.54 Å². The van der Waals surface area contributed by atoms with Gasteiger partial charge >= 0.3 is 0 Å². The smallest absolute Gasteiger partial charge is 0.286 e. The maximum atomic E-state index is 11.7. The van der Waals surface area contributed by atoms with Crippen molar-refractivity contribution in [3.63, 3.8) is 0 Å². The first-order chi connectivity index (χ1) is 9.66. The Morgan fingerprint density at radius 3 is 2.85 bits per heavy atom. The van der Waals surface area contributed by atoms with Gasteiger partial charge in [-0.2, -0.15) is 0 Å². The van der Waals surface area contributed by atoms with E-state index in [0.717, 1.165) is 4.88 Å². The SMILES string of the molecule is C[C@H](NC(=O)CCNC(=O)c1ccco1)c1cccs1. The molecule has 0 radical (unpaired) electrons. The number of hydrogen-bond acceptors (Lipinski definition) is 4. The Kier molecular flexibility index (Phi) is 4.95. The summed E-state index contributed by atoms with van der Waals surface area (Å²) < 4.78 is 4.96. The lowest BCUT2D eigenvalue weighted by Gasteiger charge is -2.12. The van der Waals surface area contributed by atoms with E-state index in [0.29, 0.717) is 0 Å². The Balaban J connectivity index is 1.69. The maximum absolute atomic E-state index is 11.7. The highest BCUT2D eigenvalue weighted by molar-refractivity contribution is 7.10. The first-order valence-electron chi connectivity index (χ1n) is 6.31. The van der Waals surface area contributed by atoms with Crippen LogP contribution in [-0.4, -0.2) is 18.4 Å². The fourth-order valence-electron chi connectivity index (χ4n) is 1.71. The molecule has 2 rings (SSSR count). The molecule has 0 aliphatic rings. The molecule has 5 nitrogen and oxygen atoms in total. The highest BCUT2D eigenvalue weighted by Crippen LogP contribution is 2.17. The quantitative estimate of drug-likeness (QED) is 0.858. The lowest BCUT2D eigenvalue weighted by molar-refractivity contribution is -0.121. The molecular weight excluding hydrogens is 276 g/mol. The topological polar surface area (TPSA) is 71.3 Å². The van der Waals surface area contributed by atoms with Crippen molar-refractivity contribution in [3.8, 4) is 0 Å². The fraction of sp³-hybridized carbons (Fsp3) is 0.286. The lowest BCUT2D eigenvalue weighted by Crippen LogP contribution is -2.31. The van der Waals surface area contributed by atoms with Crippen LogP contribution in [0.1, 0.15) is 34.8 Å². The van der Waals surface area contributed by atoms with Gasteiger partial charge in [-0.25, -0.2) is 0 Å². The normalized spacial score (nSPS) is 11.8. The Bertz CT molecular complexity index is 549. The number of nitrogens with one attached hydrogen (secondary N) is 2. The number of furan rings is 1. The van der Waals surface area contributed by atoms with Gasteiger partial charge in [0.15, 0.2) is 5.76 Å². The monoisotopic (exact) mass is 292 g/mol. The summed E-state index contributed by atoms with van der Waals surface area (Å²) in [4.78, 5) is 24.4. The van der Waals surface area contributed by atoms with E-state index in [-0.39, 0.29) is 36.6 Å². The van der Waals surface area contributed by atoms with Gasteiger partial charge in [-0.1, -0.05) is 6.07 Å². The van der Waals surface area contributed by atoms with Gasteiger partial charge in [0.05, 0.1) is 12.3 Å². The maximum Gasteiger partial charge on any atom is 0.286 e. The third-order valence-corrected chi connectivity index (χ3v) is 3.79. The number of hydrogen-bond donors (Lipinski definition) is 2. The largest absolute Gasteiger partial charge is 0.459 e. The average Bonchev–Trinajstić information content (AvgIpc) is 3.12. The summed E-state index contributed by atoms with van der Waals surface area (Å²) in [5, 5.41) is 7.49. The Hall–Kier alpha value is -2.08. The van der Waals surface area contributed by atoms with E-state index in [1.807, 2.05) is 24.4 Å². The summed E-state index contributed by atoms with van der Waals surface area (Å²) in [6.07, 6.45) is 1.67. The van der Waals surface area contributed by atoms with Gasteiger partial charge < -0.3 is 15.1 Å². The van der Waals surface area contributed by atoms with Gasteiger partial charge in [-0.05, 0) is 30.5 Å². The molecule has 2 N–H and O–H groups in total. The van der Waals surface area contributed by atoms with Gasteiger partial charge in [-0.3, -0.25) is 9.59 Å². The standard InChI is InChI=1S/C14H16N2O3S/c1-10(12-5-3-9-20-12)16-13(17)6-7-15-14(18)11-4-2-8-19-11/h2-5,8-10H,6-7H2,1H3,(H,15,18)(H,16,17)/t10-/m0/s1. The fourth-order valence-corrected chi connectivity index (χ4v) is 2.44. The second-order valence-corrected chi connectivity index (χ2v) is 5.27. The van der Waals surface area contributed by atoms with Crippen molar-refractivity contribution >= 4 is 23.2 Å². The third kappa shape index (κ3) is 3.96. The van der Waals surface area contributed by atoms with E-state index in [2.05, 4.69) is 10.6 Å². The van der Waals surface area contributed by atoms with Crippen LogP contribution < -0.4 is 10.6 Å². The van der Waals surface area contributed by atoms with Crippen molar-refractivity contribution in [1.29, 1.82) is 0 Å². The molecule has 0 unspecified atom stereocenters. The molecule has 2 aromatic heterocycles. The molecule has 0 aromatic carbocycles. The summed E-state index contributed by atoms with van der Waals surface area (Å²) in [5.74, 6) is -0.155. The van der Waals surface area contributed by atoms with Crippen LogP contribution in [-0.2, 0) is 4.79 Å². The lowest BCUT2D eigenvalue weighted by atomic mass is 10.2. The van der Waals surface area contributed by atoms with E-state index in [9.17, 15) is 9.59 Å². The number of thiophene rings is 1. The van der Waals surface area contributed by atoms with E-state index in [4.69, 9.17) is 4.42 Å². The molecule has 2 heterocycles. The molecule has 106 valence electrons. The number of rotatable bonds is 6. The van der Waals surface area contributed by atoms with E-state index in [1.54, 1.807) is 23.5 Å². The first kappa shape index (κ1) is 14.3. The Morgan fingerprint density at radius 2 is 2.20 bits per heavy atom. The highest BCUT2D eigenvalue weighted by Gasteiger charge is 2.11. The molecule has 0 fully saturated rings. The van der Waals surface area contributed by atoms with E-state index >= 15 is 0 Å². The van der Waals surface area contributed by atoms with Gasteiger partial charge in [0, 0.05) is 17.8 Å². The summed E-state index contributed by atoms with van der Waals surface area (Å²) in [7, 11) is 0. The second-order valence-electron chi connectivity index (χ2n) is 4.29. The third-order valence-electron chi connectivity index (χ3n) is 2.73. The molecule has 2 aromatic rings. The van der Waals surface area contributed by atoms with Crippen LogP contribution in [0.4, 0.5) is 0 Å². The number of carbonyl (C=O) groups excluding carboxylic acids is 2. The molecule has 0 aliphatic carbocycles. The van der Waals surface area contributed by atoms with Crippen LogP contribution in [0.15, 0.2) is 40.3 Å². The first-order valence-corrected chi connectivity index (χ1v) is 7.19. The van der Waals surface area contributed by atoms with Crippen molar-refractivity contribution in [2.24, 2.45) is 0 Å². The molecule has 20 heavy (non-hydrogen) atoms. The molecule has 0 spiro atoms. The molecule has 0 bridgehead atoms. The van der Waals surface area contributed by atoms with Crippen molar-refractivity contribution in [1.82, 2.24) is 10.6 Å².